The SMILES string of the molecule is C#C.Cc1cc(Cc2c(-c3ccc(OCCN4CCNC4=O)cc3)sc3cc(O)ccc23)ccc1CN1CCCC1.O.O.O.O. The third-order valence-electron chi connectivity index (χ3n) is 7.85. The standard InChI is InChI=1S/C32H35N3O3S.C2H2.4H2O/c1-22-18-23(4-5-25(22)21-34-13-2-3-14-34)19-29-28-11-8-26(36)20-30(28)39-31(29)24-6-9-27(10-7-24)38-17-16-35-15-12-33-32(35)37;1-2;;;;/h4-11,18,20,36H,2-3,12-17,19,21H2,1H3,(H,33,37);1-2H;4*1H2. The smallest absolute Gasteiger partial charge is 0.317 e. The zero-order valence-corrected chi connectivity index (χ0v) is 26.4. The van der Waals surface area contributed by atoms with Crippen molar-refractivity contribution in [1.29, 1.82) is 0 Å². The summed E-state index contributed by atoms with van der Waals surface area (Å²) in [6.07, 6.45) is 11.5. The fourth-order valence-corrected chi connectivity index (χ4v) is 6.94. The maximum Gasteiger partial charge on any atom is 0.317 e. The predicted octanol–water partition coefficient (Wildman–Crippen LogP) is 3.12. The second-order valence-corrected chi connectivity index (χ2v) is 11.7. The Morgan fingerprint density at radius 1 is 0.933 bits per heavy atom. The summed E-state index contributed by atoms with van der Waals surface area (Å²) < 4.78 is 7.01. The van der Waals surface area contributed by atoms with Gasteiger partial charge in [-0.1, -0.05) is 18.2 Å². The van der Waals surface area contributed by atoms with Crippen LogP contribution in [0.15, 0.2) is 60.7 Å². The summed E-state index contributed by atoms with van der Waals surface area (Å²) in [6, 6.07) is 20.8. The monoisotopic (exact) mass is 639 g/mol. The molecule has 0 spiro atoms. The summed E-state index contributed by atoms with van der Waals surface area (Å²) in [6.45, 7) is 8.15. The second-order valence-electron chi connectivity index (χ2n) is 10.6. The van der Waals surface area contributed by atoms with E-state index in [9.17, 15) is 9.90 Å². The molecule has 45 heavy (non-hydrogen) atoms. The van der Waals surface area contributed by atoms with Crippen LogP contribution < -0.4 is 10.1 Å². The first-order valence-corrected chi connectivity index (χ1v) is 15.0. The van der Waals surface area contributed by atoms with Crippen LogP contribution in [0.1, 0.15) is 35.1 Å². The van der Waals surface area contributed by atoms with Crippen LogP contribution in [-0.4, -0.2) is 82.2 Å². The number of fused-ring (bicyclic) bond motifs is 1. The number of nitrogens with zero attached hydrogens (tertiary/aromatic N) is 2. The number of hydrogen-bond donors (Lipinski definition) is 2. The molecule has 0 radical (unpaired) electrons. The highest BCUT2D eigenvalue weighted by molar-refractivity contribution is 7.22. The maximum absolute atomic E-state index is 11.7. The number of aromatic hydroxyl groups is 1. The quantitative estimate of drug-likeness (QED) is 0.266. The van der Waals surface area contributed by atoms with E-state index in [1.165, 1.54) is 58.4 Å². The summed E-state index contributed by atoms with van der Waals surface area (Å²) in [5.41, 5.74) is 6.50. The highest BCUT2D eigenvalue weighted by atomic mass is 32.1. The minimum Gasteiger partial charge on any atom is -0.508 e. The van der Waals surface area contributed by atoms with E-state index in [1.807, 2.05) is 24.3 Å². The van der Waals surface area contributed by atoms with Gasteiger partial charge in [0, 0.05) is 29.2 Å². The van der Waals surface area contributed by atoms with Crippen LogP contribution in [0.3, 0.4) is 0 Å². The Morgan fingerprint density at radius 3 is 2.29 bits per heavy atom. The number of rotatable bonds is 9. The lowest BCUT2D eigenvalue weighted by molar-refractivity contribution is 0.202. The Kier molecular flexibility index (Phi) is 15.5. The highest BCUT2D eigenvalue weighted by Gasteiger charge is 2.19. The number of benzene rings is 3. The van der Waals surface area contributed by atoms with E-state index in [4.69, 9.17) is 4.74 Å². The number of thiophene rings is 1. The second kappa shape index (κ2) is 18.0. The van der Waals surface area contributed by atoms with E-state index in [1.54, 1.807) is 22.3 Å². The molecule has 2 aliphatic heterocycles. The van der Waals surface area contributed by atoms with E-state index in [0.717, 1.165) is 35.5 Å². The number of phenolic OH excluding ortho intramolecular Hbond substituents is 1. The van der Waals surface area contributed by atoms with Gasteiger partial charge in [-0.05, 0) is 115 Å². The summed E-state index contributed by atoms with van der Waals surface area (Å²) in [5.74, 6) is 1.09. The van der Waals surface area contributed by atoms with Crippen molar-refractivity contribution in [1.82, 2.24) is 15.1 Å². The van der Waals surface area contributed by atoms with Gasteiger partial charge in [-0.2, -0.15) is 0 Å². The number of carbonyl (C=O) groups excluding carboxylic acids is 1. The van der Waals surface area contributed by atoms with Crippen LogP contribution >= 0.6 is 11.3 Å². The van der Waals surface area contributed by atoms with Crippen molar-refractivity contribution in [3.63, 3.8) is 0 Å². The van der Waals surface area contributed by atoms with Crippen molar-refractivity contribution in [3.8, 4) is 34.8 Å². The summed E-state index contributed by atoms with van der Waals surface area (Å²) in [5, 5.41) is 14.2. The number of nitrogens with one attached hydrogen (secondary N) is 1. The van der Waals surface area contributed by atoms with Gasteiger partial charge in [0.15, 0.2) is 0 Å². The third kappa shape index (κ3) is 9.18. The molecule has 0 bridgehead atoms. The van der Waals surface area contributed by atoms with Crippen LogP contribution in [0.5, 0.6) is 11.5 Å². The van der Waals surface area contributed by atoms with Gasteiger partial charge in [-0.15, -0.1) is 24.2 Å². The Hall–Kier alpha value is -4.15. The number of aryl methyl sites for hydroxylation is 1. The minimum atomic E-state index is -0.0197. The molecule has 6 rings (SSSR count). The van der Waals surface area contributed by atoms with Crippen LogP contribution in [0.4, 0.5) is 4.79 Å². The molecule has 4 aromatic rings. The molecule has 1 aromatic heterocycles. The molecule has 2 fully saturated rings. The van der Waals surface area contributed by atoms with E-state index in [2.05, 4.69) is 60.3 Å². The molecular formula is C34H45N3O7S. The summed E-state index contributed by atoms with van der Waals surface area (Å²) in [4.78, 5) is 17.3. The van der Waals surface area contributed by atoms with Crippen molar-refractivity contribution >= 4 is 27.5 Å². The number of likely N-dealkylation sites (tertiary alicyclic amines) is 1. The molecule has 0 aliphatic carbocycles. The largest absolute Gasteiger partial charge is 0.508 e. The topological polar surface area (TPSA) is 191 Å². The molecule has 244 valence electrons. The van der Waals surface area contributed by atoms with Gasteiger partial charge in [-0.3, -0.25) is 4.90 Å². The molecule has 2 aliphatic rings. The number of amides is 2. The summed E-state index contributed by atoms with van der Waals surface area (Å²) >= 11 is 1.72. The fraction of sp³-hybridized carbons (Fsp3) is 0.324. The number of ether oxygens (including phenoxy) is 1. The molecule has 0 saturated carbocycles. The Bertz CT molecular complexity index is 1530. The van der Waals surface area contributed by atoms with Crippen LogP contribution in [0.25, 0.3) is 20.5 Å². The van der Waals surface area contributed by atoms with Crippen molar-refractivity contribution in [2.24, 2.45) is 0 Å². The van der Waals surface area contributed by atoms with E-state index < -0.39 is 0 Å². The predicted molar refractivity (Wildman–Crippen MR) is 182 cm³/mol. The molecular weight excluding hydrogens is 594 g/mol. The van der Waals surface area contributed by atoms with Crippen molar-refractivity contribution in [3.05, 3.63) is 82.9 Å². The van der Waals surface area contributed by atoms with Gasteiger partial charge in [0.05, 0.1) is 6.54 Å². The van der Waals surface area contributed by atoms with E-state index >= 15 is 0 Å². The van der Waals surface area contributed by atoms with E-state index in [-0.39, 0.29) is 27.9 Å². The van der Waals surface area contributed by atoms with Crippen LogP contribution in [0.2, 0.25) is 0 Å². The normalized spacial score (nSPS) is 13.8. The molecule has 10 nitrogen and oxygen atoms in total. The molecule has 0 unspecified atom stereocenters. The molecule has 2 saturated heterocycles. The zero-order valence-electron chi connectivity index (χ0n) is 25.6. The number of phenols is 1. The van der Waals surface area contributed by atoms with Crippen molar-refractivity contribution in [2.45, 2.75) is 32.7 Å². The molecule has 10 N–H and O–H groups in total. The molecule has 3 heterocycles. The van der Waals surface area contributed by atoms with Crippen molar-refractivity contribution < 1.29 is 36.5 Å². The Labute approximate surface area is 268 Å². The lowest BCUT2D eigenvalue weighted by Gasteiger charge is -2.17. The summed E-state index contributed by atoms with van der Waals surface area (Å²) in [7, 11) is 0. The number of urea groups is 1. The molecule has 0 atom stereocenters. The third-order valence-corrected chi connectivity index (χ3v) is 9.09. The average Bonchev–Trinajstić information content (AvgIpc) is 3.73. The van der Waals surface area contributed by atoms with Gasteiger partial charge in [0.1, 0.15) is 18.1 Å². The minimum absolute atomic E-state index is 0. The first-order chi connectivity index (χ1) is 20.0. The first kappa shape index (κ1) is 38.9. The number of terminal acetylenes is 1. The van der Waals surface area contributed by atoms with Gasteiger partial charge in [0.25, 0.3) is 0 Å². The first-order valence-electron chi connectivity index (χ1n) is 14.2. The van der Waals surface area contributed by atoms with Gasteiger partial charge in [-0.25, -0.2) is 4.79 Å². The number of hydrogen-bond acceptors (Lipinski definition) is 5. The lowest BCUT2D eigenvalue weighted by atomic mass is 9.96. The fourth-order valence-electron chi connectivity index (χ4n) is 5.68. The number of carbonyl (C=O) groups is 1. The van der Waals surface area contributed by atoms with Gasteiger partial charge >= 0.3 is 6.03 Å². The average molecular weight is 640 g/mol. The van der Waals surface area contributed by atoms with Crippen molar-refractivity contribution in [2.75, 3.05) is 39.3 Å². The van der Waals surface area contributed by atoms with Gasteiger partial charge < -0.3 is 42.0 Å². The Morgan fingerprint density at radius 2 is 1.64 bits per heavy atom. The zero-order chi connectivity index (χ0) is 28.8. The molecule has 11 heteroatoms. The Balaban J connectivity index is 0.00000166. The molecule has 3 aromatic carbocycles. The van der Waals surface area contributed by atoms with E-state index in [0.29, 0.717) is 25.4 Å². The van der Waals surface area contributed by atoms with Gasteiger partial charge in [0.2, 0.25) is 0 Å². The lowest BCUT2D eigenvalue weighted by Crippen LogP contribution is -2.31. The highest BCUT2D eigenvalue weighted by Crippen LogP contribution is 2.41. The van der Waals surface area contributed by atoms with Crippen LogP contribution in [-0.2, 0) is 13.0 Å². The van der Waals surface area contributed by atoms with Crippen LogP contribution in [0, 0.1) is 19.8 Å². The molecule has 2 amide bonds. The maximum atomic E-state index is 11.7.